The minimum atomic E-state index is 0.630. The zero-order valence-electron chi connectivity index (χ0n) is 19.6. The van der Waals surface area contributed by atoms with Gasteiger partial charge in [-0.1, -0.05) is 23.6 Å². The number of hydrogen-bond acceptors (Lipinski definition) is 3. The molecule has 0 bridgehead atoms. The molecule has 0 unspecified atom stereocenters. The Bertz CT molecular complexity index is 1340. The molecule has 0 saturated carbocycles. The predicted molar refractivity (Wildman–Crippen MR) is 127 cm³/mol. The lowest BCUT2D eigenvalue weighted by Gasteiger charge is -2.12. The van der Waals surface area contributed by atoms with E-state index in [9.17, 15) is 0 Å². The zero-order valence-corrected chi connectivity index (χ0v) is 19.6. The van der Waals surface area contributed by atoms with Crippen LogP contribution in [0.3, 0.4) is 0 Å². The van der Waals surface area contributed by atoms with E-state index in [0.29, 0.717) is 13.2 Å². The summed E-state index contributed by atoms with van der Waals surface area (Å²) in [7, 11) is 0. The van der Waals surface area contributed by atoms with Crippen LogP contribution in [0.1, 0.15) is 47.6 Å². The summed E-state index contributed by atoms with van der Waals surface area (Å²) in [6.45, 7) is 16.5. The van der Waals surface area contributed by atoms with Gasteiger partial charge < -0.3 is 9.30 Å². The van der Waals surface area contributed by atoms with E-state index < -0.39 is 0 Å². The van der Waals surface area contributed by atoms with E-state index in [1.54, 1.807) is 0 Å². The van der Waals surface area contributed by atoms with Crippen LogP contribution >= 0.6 is 0 Å². The van der Waals surface area contributed by atoms with Crippen molar-refractivity contribution in [1.82, 2.24) is 19.2 Å². The van der Waals surface area contributed by atoms with Crippen LogP contribution in [-0.2, 0) is 11.3 Å². The maximum Gasteiger partial charge on any atom is 0.165 e. The van der Waals surface area contributed by atoms with Crippen LogP contribution in [0, 0.1) is 46.5 Å². The zero-order chi connectivity index (χ0) is 22.3. The first kappa shape index (κ1) is 21.1. The Morgan fingerprint density at radius 1 is 0.968 bits per heavy atom. The largest absolute Gasteiger partial charge is 0.380 e. The second kappa shape index (κ2) is 8.20. The van der Waals surface area contributed by atoms with Crippen molar-refractivity contribution in [3.8, 4) is 23.0 Å². The van der Waals surface area contributed by atoms with Crippen LogP contribution < -0.4 is 0 Å². The third-order valence-electron chi connectivity index (χ3n) is 5.81. The normalized spacial score (nSPS) is 11.3. The third-order valence-corrected chi connectivity index (χ3v) is 5.81. The molecule has 4 rings (SSSR count). The maximum absolute atomic E-state index is 5.66. The number of benzene rings is 1. The first-order chi connectivity index (χ1) is 14.9. The molecule has 0 fully saturated rings. The summed E-state index contributed by atoms with van der Waals surface area (Å²) in [4.78, 5) is 5.02. The molecule has 1 aromatic carbocycles. The standard InChI is InChI=1S/C26H30N4O/c1-8-10-21-15-22-19(6)27-25-24(23-17(4)13-16(3)14-18(23)5)20(7)28-30(25)26(22)29(21)11-12-31-9-2/h13-15H,9,11-12H2,1-7H3. The summed E-state index contributed by atoms with van der Waals surface area (Å²) in [6.07, 6.45) is 0. The molecule has 5 heteroatoms. The first-order valence-electron chi connectivity index (χ1n) is 10.8. The van der Waals surface area contributed by atoms with Crippen molar-refractivity contribution in [3.63, 3.8) is 0 Å². The van der Waals surface area contributed by atoms with E-state index in [1.165, 1.54) is 22.3 Å². The second-order valence-corrected chi connectivity index (χ2v) is 8.16. The van der Waals surface area contributed by atoms with Gasteiger partial charge >= 0.3 is 0 Å². The SMILES string of the molecule is CC#Cc1cc2c(C)nc3c(-c4c(C)cc(C)cc4C)c(C)nn3c2n1CCOCC. The van der Waals surface area contributed by atoms with Crippen molar-refractivity contribution in [2.24, 2.45) is 0 Å². The van der Waals surface area contributed by atoms with Gasteiger partial charge in [-0.25, -0.2) is 4.98 Å². The fourth-order valence-electron chi connectivity index (χ4n) is 4.64. The number of hydrogen-bond donors (Lipinski definition) is 0. The summed E-state index contributed by atoms with van der Waals surface area (Å²) in [5, 5.41) is 6.05. The molecule has 5 nitrogen and oxygen atoms in total. The summed E-state index contributed by atoms with van der Waals surface area (Å²) >= 11 is 0. The van der Waals surface area contributed by atoms with Gasteiger partial charge in [0.15, 0.2) is 5.65 Å². The first-order valence-corrected chi connectivity index (χ1v) is 10.8. The molecule has 0 aliphatic rings. The molecule has 160 valence electrons. The topological polar surface area (TPSA) is 44.4 Å². The minimum absolute atomic E-state index is 0.630. The molecule has 3 aromatic heterocycles. The lowest BCUT2D eigenvalue weighted by Crippen LogP contribution is -2.10. The summed E-state index contributed by atoms with van der Waals surface area (Å²) in [5.74, 6) is 6.29. The summed E-state index contributed by atoms with van der Waals surface area (Å²) in [6, 6.07) is 6.59. The van der Waals surface area contributed by atoms with Gasteiger partial charge in [-0.15, -0.1) is 0 Å². The van der Waals surface area contributed by atoms with E-state index in [-0.39, 0.29) is 0 Å². The van der Waals surface area contributed by atoms with Crippen molar-refractivity contribution in [3.05, 3.63) is 52.0 Å². The van der Waals surface area contributed by atoms with Gasteiger partial charge in [0.1, 0.15) is 5.65 Å². The monoisotopic (exact) mass is 414 g/mol. The van der Waals surface area contributed by atoms with Crippen LogP contribution in [0.2, 0.25) is 0 Å². The maximum atomic E-state index is 5.66. The van der Waals surface area contributed by atoms with Crippen LogP contribution in [0.15, 0.2) is 18.2 Å². The second-order valence-electron chi connectivity index (χ2n) is 8.16. The highest BCUT2D eigenvalue weighted by Gasteiger charge is 2.22. The van der Waals surface area contributed by atoms with Crippen LogP contribution in [0.4, 0.5) is 0 Å². The number of aromatic nitrogens is 4. The summed E-state index contributed by atoms with van der Waals surface area (Å²) in [5.41, 5.74) is 11.0. The molecular formula is C26H30N4O. The molecule has 31 heavy (non-hydrogen) atoms. The molecule has 0 amide bonds. The smallest absolute Gasteiger partial charge is 0.165 e. The van der Waals surface area contributed by atoms with Gasteiger partial charge in [0.25, 0.3) is 0 Å². The molecule has 0 saturated heterocycles. The van der Waals surface area contributed by atoms with Gasteiger partial charge in [-0.2, -0.15) is 9.61 Å². The molecular weight excluding hydrogens is 384 g/mol. The molecule has 0 radical (unpaired) electrons. The minimum Gasteiger partial charge on any atom is -0.380 e. The lowest BCUT2D eigenvalue weighted by molar-refractivity contribution is 0.139. The van der Waals surface area contributed by atoms with Gasteiger partial charge in [-0.05, 0) is 77.1 Å². The predicted octanol–water partition coefficient (Wildman–Crippen LogP) is 5.30. The Kier molecular flexibility index (Phi) is 5.60. The highest BCUT2D eigenvalue weighted by molar-refractivity contribution is 5.90. The summed E-state index contributed by atoms with van der Waals surface area (Å²) < 4.78 is 9.87. The Labute approximate surface area is 184 Å². The molecule has 3 heterocycles. The Hall–Kier alpha value is -3.10. The number of aryl methyl sites for hydroxylation is 5. The van der Waals surface area contributed by atoms with Gasteiger partial charge in [0.2, 0.25) is 0 Å². The highest BCUT2D eigenvalue weighted by atomic mass is 16.5. The molecule has 4 aromatic rings. The van der Waals surface area contributed by atoms with Crippen LogP contribution in [-0.4, -0.2) is 32.4 Å². The number of ether oxygens (including phenoxy) is 1. The van der Waals surface area contributed by atoms with E-state index in [0.717, 1.165) is 45.9 Å². The average Bonchev–Trinajstić information content (AvgIpc) is 3.21. The molecule has 0 atom stereocenters. The lowest BCUT2D eigenvalue weighted by atomic mass is 9.94. The fraction of sp³-hybridized carbons (Fsp3) is 0.385. The average molecular weight is 415 g/mol. The van der Waals surface area contributed by atoms with Crippen LogP contribution in [0.5, 0.6) is 0 Å². The quantitative estimate of drug-likeness (QED) is 0.329. The van der Waals surface area contributed by atoms with E-state index >= 15 is 0 Å². The van der Waals surface area contributed by atoms with Crippen molar-refractivity contribution in [2.75, 3.05) is 13.2 Å². The van der Waals surface area contributed by atoms with Crippen molar-refractivity contribution in [1.29, 1.82) is 0 Å². The molecule has 0 aliphatic carbocycles. The van der Waals surface area contributed by atoms with Crippen molar-refractivity contribution >= 4 is 16.7 Å². The Morgan fingerprint density at radius 3 is 2.32 bits per heavy atom. The number of nitrogens with zero attached hydrogens (tertiary/aromatic N) is 4. The van der Waals surface area contributed by atoms with Crippen LogP contribution in [0.25, 0.3) is 27.8 Å². The number of fused-ring (bicyclic) bond motifs is 3. The highest BCUT2D eigenvalue weighted by Crippen LogP contribution is 2.35. The van der Waals surface area contributed by atoms with E-state index in [4.69, 9.17) is 14.8 Å². The van der Waals surface area contributed by atoms with E-state index in [1.807, 2.05) is 18.4 Å². The van der Waals surface area contributed by atoms with Crippen molar-refractivity contribution < 1.29 is 4.74 Å². The fourth-order valence-corrected chi connectivity index (χ4v) is 4.64. The van der Waals surface area contributed by atoms with Gasteiger partial charge in [0.05, 0.1) is 29.3 Å². The Morgan fingerprint density at radius 2 is 1.68 bits per heavy atom. The van der Waals surface area contributed by atoms with E-state index in [2.05, 4.69) is 69.2 Å². The van der Waals surface area contributed by atoms with Gasteiger partial charge in [0, 0.05) is 18.5 Å². The molecule has 0 N–H and O–H groups in total. The molecule has 0 spiro atoms. The Balaban J connectivity index is 2.08. The molecule has 0 aliphatic heterocycles. The number of rotatable bonds is 5. The van der Waals surface area contributed by atoms with Crippen molar-refractivity contribution in [2.45, 2.75) is 55.0 Å². The van der Waals surface area contributed by atoms with Gasteiger partial charge in [-0.3, -0.25) is 0 Å². The third kappa shape index (κ3) is 3.51.